The van der Waals surface area contributed by atoms with Crippen molar-refractivity contribution >= 4 is 6.03 Å². The summed E-state index contributed by atoms with van der Waals surface area (Å²) in [5, 5.41) is 3.23. The van der Waals surface area contributed by atoms with Gasteiger partial charge in [0, 0.05) is 23.9 Å². The van der Waals surface area contributed by atoms with Crippen LogP contribution in [-0.2, 0) is 0 Å². The number of methoxy groups -OCH3 is 1. The van der Waals surface area contributed by atoms with Crippen molar-refractivity contribution in [2.75, 3.05) is 13.7 Å². The minimum absolute atomic E-state index is 0.0198. The maximum atomic E-state index is 13.3. The highest BCUT2D eigenvalue weighted by Gasteiger charge is 2.58. The minimum Gasteiger partial charge on any atom is -0.497 e. The van der Waals surface area contributed by atoms with Gasteiger partial charge in [0.25, 0.3) is 0 Å². The molecule has 0 unspecified atom stereocenters. The summed E-state index contributed by atoms with van der Waals surface area (Å²) in [4.78, 5) is 15.4. The lowest BCUT2D eigenvalue weighted by Crippen LogP contribution is -2.46. The number of hydrogen-bond donors (Lipinski definition) is 1. The van der Waals surface area contributed by atoms with E-state index < -0.39 is 0 Å². The summed E-state index contributed by atoms with van der Waals surface area (Å²) >= 11 is 0. The zero-order valence-electron chi connectivity index (χ0n) is 18.4. The molecule has 1 saturated heterocycles. The number of carbonyl (C=O) groups is 1. The highest BCUT2D eigenvalue weighted by molar-refractivity contribution is 5.76. The third kappa shape index (κ3) is 3.16. The van der Waals surface area contributed by atoms with Gasteiger partial charge in [0.1, 0.15) is 5.75 Å². The quantitative estimate of drug-likeness (QED) is 0.689. The molecule has 0 aromatic heterocycles. The fraction of sp³-hybridized carbons (Fsp3) is 0.370. The molecule has 2 amide bonds. The van der Waals surface area contributed by atoms with E-state index >= 15 is 0 Å². The Morgan fingerprint density at radius 1 is 1.10 bits per heavy atom. The Morgan fingerprint density at radius 3 is 2.42 bits per heavy atom. The van der Waals surface area contributed by atoms with Gasteiger partial charge < -0.3 is 15.0 Å². The van der Waals surface area contributed by atoms with E-state index in [0.717, 1.165) is 17.9 Å². The number of allylic oxidation sites excluding steroid dienone is 2. The number of urea groups is 1. The molecule has 4 aliphatic rings. The lowest BCUT2D eigenvalue weighted by Gasteiger charge is -2.47. The topological polar surface area (TPSA) is 41.6 Å². The van der Waals surface area contributed by atoms with Crippen molar-refractivity contribution in [2.24, 2.45) is 17.3 Å². The second kappa shape index (κ2) is 7.60. The molecular weight excluding hydrogens is 384 g/mol. The van der Waals surface area contributed by atoms with Crippen LogP contribution < -0.4 is 10.1 Å². The van der Waals surface area contributed by atoms with E-state index in [-0.39, 0.29) is 23.5 Å². The summed E-state index contributed by atoms with van der Waals surface area (Å²) in [6.07, 6.45) is 9.41. The molecule has 4 heteroatoms. The van der Waals surface area contributed by atoms with Crippen LogP contribution in [0.5, 0.6) is 5.75 Å². The van der Waals surface area contributed by atoms with Gasteiger partial charge in [0.05, 0.1) is 13.2 Å². The number of hydrogen-bond acceptors (Lipinski definition) is 2. The molecule has 6 rings (SSSR count). The van der Waals surface area contributed by atoms with Crippen molar-refractivity contribution in [3.8, 4) is 5.75 Å². The first-order valence-electron chi connectivity index (χ1n) is 11.2. The first kappa shape index (κ1) is 19.9. The van der Waals surface area contributed by atoms with E-state index in [0.29, 0.717) is 17.8 Å². The van der Waals surface area contributed by atoms with Gasteiger partial charge in [0.2, 0.25) is 0 Å². The van der Waals surface area contributed by atoms with Gasteiger partial charge >= 0.3 is 6.03 Å². The monoisotopic (exact) mass is 414 g/mol. The lowest BCUT2D eigenvalue weighted by atomic mass is 9.56. The van der Waals surface area contributed by atoms with Crippen molar-refractivity contribution in [3.05, 3.63) is 90.0 Å². The average Bonchev–Trinajstić information content (AvgIpc) is 3.12. The van der Waals surface area contributed by atoms with Crippen LogP contribution in [0.4, 0.5) is 4.79 Å². The molecule has 1 fully saturated rings. The third-order valence-corrected chi connectivity index (χ3v) is 7.69. The molecule has 2 aromatic carbocycles. The molecule has 1 aliphatic heterocycles. The van der Waals surface area contributed by atoms with Crippen LogP contribution in [-0.4, -0.2) is 30.6 Å². The van der Waals surface area contributed by atoms with Crippen molar-refractivity contribution < 1.29 is 9.53 Å². The minimum atomic E-state index is -0.104. The van der Waals surface area contributed by atoms with E-state index in [1.54, 1.807) is 7.11 Å². The number of nitrogens with zero attached hydrogens (tertiary/aromatic N) is 1. The first-order valence-corrected chi connectivity index (χ1v) is 11.2. The van der Waals surface area contributed by atoms with Crippen molar-refractivity contribution in [1.82, 2.24) is 10.2 Å². The number of amides is 2. The smallest absolute Gasteiger partial charge is 0.318 e. The Hall–Kier alpha value is -3.01. The summed E-state index contributed by atoms with van der Waals surface area (Å²) in [7, 11) is 1.70. The molecule has 2 bridgehead atoms. The van der Waals surface area contributed by atoms with Crippen LogP contribution in [0.1, 0.15) is 36.9 Å². The number of likely N-dealkylation sites (tertiary alicyclic amines) is 1. The van der Waals surface area contributed by atoms with E-state index in [4.69, 9.17) is 4.74 Å². The standard InChI is InChI=1S/C27H30N2O2/c1-18(20-7-5-4-6-8-20)28-26(30)29-17-24-25(21-9-11-23(31-3)12-10-21)22-13-15-27(24,16-14-22)19(29)2/h4-16,18-19,22,24-25H,17H2,1-3H3,(H,28,30)/t18-,19+,22?,24+,25-,27?/m0/s1. The maximum Gasteiger partial charge on any atom is 0.318 e. The zero-order chi connectivity index (χ0) is 21.6. The number of ether oxygens (including phenoxy) is 1. The molecular formula is C27H30N2O2. The van der Waals surface area contributed by atoms with Crippen LogP contribution in [0, 0.1) is 17.3 Å². The molecule has 1 spiro atoms. The van der Waals surface area contributed by atoms with Gasteiger partial charge in [-0.05, 0) is 48.9 Å². The largest absolute Gasteiger partial charge is 0.497 e. The average molecular weight is 415 g/mol. The van der Waals surface area contributed by atoms with Gasteiger partial charge in [0.15, 0.2) is 0 Å². The number of carbonyl (C=O) groups excluding carboxylic acids is 1. The first-order chi connectivity index (χ1) is 15.0. The van der Waals surface area contributed by atoms with Crippen LogP contribution in [0.25, 0.3) is 0 Å². The Bertz CT molecular complexity index is 997. The molecule has 4 nitrogen and oxygen atoms in total. The van der Waals surface area contributed by atoms with E-state index in [9.17, 15) is 4.79 Å². The second-order valence-electron chi connectivity index (χ2n) is 9.11. The fourth-order valence-electron chi connectivity index (χ4n) is 5.87. The Kier molecular flexibility index (Phi) is 4.88. The third-order valence-electron chi connectivity index (χ3n) is 7.69. The van der Waals surface area contributed by atoms with Crippen LogP contribution in [0.15, 0.2) is 78.9 Å². The molecule has 1 N–H and O–H groups in total. The Morgan fingerprint density at radius 2 is 1.77 bits per heavy atom. The highest BCUT2D eigenvalue weighted by atomic mass is 16.5. The van der Waals surface area contributed by atoms with Gasteiger partial charge in [-0.25, -0.2) is 4.79 Å². The van der Waals surface area contributed by atoms with Gasteiger partial charge in [-0.3, -0.25) is 0 Å². The second-order valence-corrected chi connectivity index (χ2v) is 9.11. The zero-order valence-corrected chi connectivity index (χ0v) is 18.4. The van der Waals surface area contributed by atoms with E-state index in [1.165, 1.54) is 5.56 Å². The van der Waals surface area contributed by atoms with Crippen LogP contribution in [0.3, 0.4) is 0 Å². The fourth-order valence-corrected chi connectivity index (χ4v) is 5.87. The molecule has 2 aromatic rings. The predicted octanol–water partition coefficient (Wildman–Crippen LogP) is 5.31. The summed E-state index contributed by atoms with van der Waals surface area (Å²) in [6, 6.07) is 18.7. The van der Waals surface area contributed by atoms with Gasteiger partial charge in [-0.2, -0.15) is 0 Å². The molecule has 3 aliphatic carbocycles. The highest BCUT2D eigenvalue weighted by Crippen LogP contribution is 2.59. The molecule has 0 saturated carbocycles. The van der Waals surface area contributed by atoms with E-state index in [2.05, 4.69) is 60.8 Å². The molecule has 160 valence electrons. The number of rotatable bonds is 4. The SMILES string of the molecule is COc1ccc([C@H]2C3C=CC4(C=C3)[C@@H]2CN(C(=O)N[C@@H](C)c2ccccc2)[C@@H]4C)cc1. The maximum absolute atomic E-state index is 13.3. The molecule has 1 heterocycles. The molecule has 0 radical (unpaired) electrons. The molecule has 4 atom stereocenters. The summed E-state index contributed by atoms with van der Waals surface area (Å²) in [5.41, 5.74) is 2.34. The predicted molar refractivity (Wildman–Crippen MR) is 123 cm³/mol. The number of nitrogens with one attached hydrogen (secondary N) is 1. The van der Waals surface area contributed by atoms with Gasteiger partial charge in [-0.15, -0.1) is 0 Å². The lowest BCUT2D eigenvalue weighted by molar-refractivity contribution is 0.182. The summed E-state index contributed by atoms with van der Waals surface area (Å²) in [6.45, 7) is 5.00. The van der Waals surface area contributed by atoms with Crippen molar-refractivity contribution in [2.45, 2.75) is 31.8 Å². The Labute approximate surface area is 184 Å². The van der Waals surface area contributed by atoms with Crippen molar-refractivity contribution in [3.63, 3.8) is 0 Å². The molecule has 31 heavy (non-hydrogen) atoms. The van der Waals surface area contributed by atoms with Crippen LogP contribution >= 0.6 is 0 Å². The van der Waals surface area contributed by atoms with Crippen LogP contribution in [0.2, 0.25) is 0 Å². The summed E-state index contributed by atoms with van der Waals surface area (Å²) in [5.74, 6) is 1.99. The van der Waals surface area contributed by atoms with Crippen molar-refractivity contribution in [1.29, 1.82) is 0 Å². The Balaban J connectivity index is 1.40. The van der Waals surface area contributed by atoms with E-state index in [1.807, 2.05) is 42.2 Å². The van der Waals surface area contributed by atoms with Gasteiger partial charge in [-0.1, -0.05) is 66.8 Å². The number of benzene rings is 2. The normalized spacial score (nSPS) is 31.4. The summed E-state index contributed by atoms with van der Waals surface area (Å²) < 4.78 is 5.35.